The quantitative estimate of drug-likeness (QED) is 0.680. The Morgan fingerprint density at radius 1 is 1.13 bits per heavy atom. The van der Waals surface area contributed by atoms with E-state index in [9.17, 15) is 4.79 Å². The van der Waals surface area contributed by atoms with E-state index in [1.54, 1.807) is 12.2 Å². The predicted molar refractivity (Wildman–Crippen MR) is 58.0 cm³/mol. The zero-order valence-corrected chi connectivity index (χ0v) is 8.54. The standard InChI is InChI=1S/C13H14NO/c15-13-7-3-2-6-12(13)8-11-14-9-4-1-5-10-14/h1-7,9-10,12H,8,11H2/q+1. The summed E-state index contributed by atoms with van der Waals surface area (Å²) in [6.07, 6.45) is 12.3. The summed E-state index contributed by atoms with van der Waals surface area (Å²) in [5.74, 6) is 0.275. The van der Waals surface area contributed by atoms with E-state index in [4.69, 9.17) is 0 Å². The molecule has 76 valence electrons. The van der Waals surface area contributed by atoms with Crippen molar-refractivity contribution in [2.45, 2.75) is 13.0 Å². The summed E-state index contributed by atoms with van der Waals surface area (Å²) in [5, 5.41) is 0. The minimum atomic E-state index is 0.0581. The maximum Gasteiger partial charge on any atom is 0.168 e. The number of rotatable bonds is 3. The number of pyridine rings is 1. The van der Waals surface area contributed by atoms with Gasteiger partial charge in [-0.2, -0.15) is 0 Å². The van der Waals surface area contributed by atoms with Crippen LogP contribution in [0.15, 0.2) is 54.9 Å². The Kier molecular flexibility index (Phi) is 3.08. The predicted octanol–water partition coefficient (Wildman–Crippen LogP) is 1.68. The SMILES string of the molecule is O=C1C=CC=CC1CC[n+]1ccccc1. The van der Waals surface area contributed by atoms with Gasteiger partial charge in [0, 0.05) is 24.5 Å². The lowest BCUT2D eigenvalue weighted by molar-refractivity contribution is -0.697. The summed E-state index contributed by atoms with van der Waals surface area (Å²) < 4.78 is 2.10. The molecule has 1 aromatic heterocycles. The normalized spacial score (nSPS) is 19.5. The van der Waals surface area contributed by atoms with E-state index in [-0.39, 0.29) is 11.7 Å². The maximum atomic E-state index is 11.5. The second-order valence-corrected chi connectivity index (χ2v) is 3.65. The van der Waals surface area contributed by atoms with Crippen LogP contribution in [0.2, 0.25) is 0 Å². The number of allylic oxidation sites excluding steroid dienone is 4. The van der Waals surface area contributed by atoms with Gasteiger partial charge in [0.05, 0.1) is 0 Å². The van der Waals surface area contributed by atoms with E-state index in [1.165, 1.54) is 0 Å². The lowest BCUT2D eigenvalue weighted by atomic mass is 9.96. The van der Waals surface area contributed by atoms with Gasteiger partial charge in [-0.25, -0.2) is 4.57 Å². The highest BCUT2D eigenvalue weighted by atomic mass is 16.1. The molecule has 0 bridgehead atoms. The Morgan fingerprint density at radius 3 is 2.67 bits per heavy atom. The van der Waals surface area contributed by atoms with Gasteiger partial charge in [0.2, 0.25) is 0 Å². The molecule has 1 aliphatic rings. The minimum Gasteiger partial charge on any atom is -0.294 e. The van der Waals surface area contributed by atoms with Crippen LogP contribution in [0.1, 0.15) is 6.42 Å². The van der Waals surface area contributed by atoms with Gasteiger partial charge in [-0.1, -0.05) is 24.3 Å². The Labute approximate surface area is 89.6 Å². The van der Waals surface area contributed by atoms with Crippen LogP contribution >= 0.6 is 0 Å². The van der Waals surface area contributed by atoms with Crippen LogP contribution in [0.5, 0.6) is 0 Å². The molecule has 2 heteroatoms. The molecule has 15 heavy (non-hydrogen) atoms. The first kappa shape index (κ1) is 9.84. The van der Waals surface area contributed by atoms with Crippen molar-refractivity contribution in [2.24, 2.45) is 5.92 Å². The van der Waals surface area contributed by atoms with Crippen LogP contribution < -0.4 is 4.57 Å². The zero-order valence-electron chi connectivity index (χ0n) is 8.54. The van der Waals surface area contributed by atoms with Crippen LogP contribution in [0.3, 0.4) is 0 Å². The van der Waals surface area contributed by atoms with Gasteiger partial charge in [0.25, 0.3) is 0 Å². The summed E-state index contributed by atoms with van der Waals surface area (Å²) in [7, 11) is 0. The Hall–Kier alpha value is -1.70. The highest BCUT2D eigenvalue weighted by Crippen LogP contribution is 2.11. The third kappa shape index (κ3) is 2.62. The minimum absolute atomic E-state index is 0.0581. The molecular formula is C13H14NO+. The van der Waals surface area contributed by atoms with Crippen LogP contribution in [0.4, 0.5) is 0 Å². The number of aromatic nitrogens is 1. The van der Waals surface area contributed by atoms with Crippen molar-refractivity contribution in [3.05, 3.63) is 54.9 Å². The second-order valence-electron chi connectivity index (χ2n) is 3.65. The highest BCUT2D eigenvalue weighted by molar-refractivity contribution is 5.94. The molecule has 1 aromatic rings. The van der Waals surface area contributed by atoms with Gasteiger partial charge in [-0.15, -0.1) is 0 Å². The third-order valence-electron chi connectivity index (χ3n) is 2.56. The number of carbonyl (C=O) groups is 1. The average molecular weight is 200 g/mol. The molecule has 0 aliphatic heterocycles. The average Bonchev–Trinajstić information content (AvgIpc) is 2.29. The van der Waals surface area contributed by atoms with Crippen molar-refractivity contribution in [3.8, 4) is 0 Å². The van der Waals surface area contributed by atoms with Crippen molar-refractivity contribution in [2.75, 3.05) is 0 Å². The molecule has 1 aliphatic carbocycles. The third-order valence-corrected chi connectivity index (χ3v) is 2.56. The molecule has 2 rings (SSSR count). The topological polar surface area (TPSA) is 20.9 Å². The van der Waals surface area contributed by atoms with Crippen molar-refractivity contribution in [3.63, 3.8) is 0 Å². The van der Waals surface area contributed by atoms with Crippen molar-refractivity contribution < 1.29 is 9.36 Å². The van der Waals surface area contributed by atoms with Crippen LogP contribution in [-0.4, -0.2) is 5.78 Å². The first-order valence-electron chi connectivity index (χ1n) is 5.19. The van der Waals surface area contributed by atoms with Gasteiger partial charge in [0.15, 0.2) is 18.2 Å². The molecule has 0 fully saturated rings. The molecule has 0 saturated heterocycles. The molecule has 2 nitrogen and oxygen atoms in total. The summed E-state index contributed by atoms with van der Waals surface area (Å²) in [4.78, 5) is 11.5. The highest BCUT2D eigenvalue weighted by Gasteiger charge is 2.16. The smallest absolute Gasteiger partial charge is 0.168 e. The second kappa shape index (κ2) is 4.69. The molecule has 0 spiro atoms. The number of ketones is 1. The lowest BCUT2D eigenvalue weighted by Crippen LogP contribution is -2.34. The molecule has 0 amide bonds. The largest absolute Gasteiger partial charge is 0.294 e. The van der Waals surface area contributed by atoms with E-state index >= 15 is 0 Å². The fraction of sp³-hybridized carbons (Fsp3) is 0.231. The molecular weight excluding hydrogens is 186 g/mol. The number of carbonyl (C=O) groups excluding carboxylic acids is 1. The molecule has 1 heterocycles. The zero-order chi connectivity index (χ0) is 10.5. The Balaban J connectivity index is 1.91. The van der Waals surface area contributed by atoms with Crippen LogP contribution in [-0.2, 0) is 11.3 Å². The van der Waals surface area contributed by atoms with Crippen molar-refractivity contribution >= 4 is 5.78 Å². The van der Waals surface area contributed by atoms with E-state index in [1.807, 2.05) is 42.7 Å². The molecule has 0 radical (unpaired) electrons. The summed E-state index contributed by atoms with van der Waals surface area (Å²) in [5.41, 5.74) is 0. The number of nitrogens with zero attached hydrogens (tertiary/aromatic N) is 1. The summed E-state index contributed by atoms with van der Waals surface area (Å²) in [6.45, 7) is 0.884. The number of hydrogen-bond donors (Lipinski definition) is 0. The number of aryl methyl sites for hydroxylation is 1. The first-order valence-corrected chi connectivity index (χ1v) is 5.19. The summed E-state index contributed by atoms with van der Waals surface area (Å²) >= 11 is 0. The fourth-order valence-electron chi connectivity index (χ4n) is 1.68. The fourth-order valence-corrected chi connectivity index (χ4v) is 1.68. The van der Waals surface area contributed by atoms with E-state index < -0.39 is 0 Å². The van der Waals surface area contributed by atoms with Gasteiger partial charge in [-0.05, 0) is 6.08 Å². The van der Waals surface area contributed by atoms with Crippen molar-refractivity contribution in [1.29, 1.82) is 0 Å². The van der Waals surface area contributed by atoms with Crippen LogP contribution in [0.25, 0.3) is 0 Å². The van der Waals surface area contributed by atoms with E-state index in [0.29, 0.717) is 0 Å². The molecule has 1 atom stereocenters. The van der Waals surface area contributed by atoms with Gasteiger partial charge in [0.1, 0.15) is 6.54 Å². The molecule has 1 unspecified atom stereocenters. The van der Waals surface area contributed by atoms with Gasteiger partial charge >= 0.3 is 0 Å². The molecule has 0 N–H and O–H groups in total. The molecule has 0 saturated carbocycles. The van der Waals surface area contributed by atoms with Gasteiger partial charge < -0.3 is 0 Å². The monoisotopic (exact) mass is 200 g/mol. The lowest BCUT2D eigenvalue weighted by Gasteiger charge is -2.08. The Bertz CT molecular complexity index is 392. The van der Waals surface area contributed by atoms with E-state index in [2.05, 4.69) is 4.57 Å². The van der Waals surface area contributed by atoms with Gasteiger partial charge in [-0.3, -0.25) is 4.79 Å². The molecule has 0 aromatic carbocycles. The van der Waals surface area contributed by atoms with Crippen LogP contribution in [0, 0.1) is 5.92 Å². The summed E-state index contributed by atoms with van der Waals surface area (Å²) in [6, 6.07) is 5.99. The van der Waals surface area contributed by atoms with E-state index in [0.717, 1.165) is 13.0 Å². The Morgan fingerprint density at radius 2 is 1.93 bits per heavy atom. The first-order chi connectivity index (χ1) is 7.36. The maximum absolute atomic E-state index is 11.5. The van der Waals surface area contributed by atoms with Crippen molar-refractivity contribution in [1.82, 2.24) is 0 Å². The number of hydrogen-bond acceptors (Lipinski definition) is 1.